The first-order valence-corrected chi connectivity index (χ1v) is 8.97. The Morgan fingerprint density at radius 1 is 1.15 bits per heavy atom. The summed E-state index contributed by atoms with van der Waals surface area (Å²) < 4.78 is 0. The second-order valence-electron chi connectivity index (χ2n) is 6.62. The van der Waals surface area contributed by atoms with Crippen molar-refractivity contribution in [2.24, 2.45) is 5.92 Å². The van der Waals surface area contributed by atoms with Crippen molar-refractivity contribution in [3.63, 3.8) is 0 Å². The fourth-order valence-corrected chi connectivity index (χ4v) is 2.59. The first-order chi connectivity index (χ1) is 12.3. The van der Waals surface area contributed by atoms with Crippen LogP contribution >= 0.6 is 0 Å². The number of nitrogens with one attached hydrogen (secondary N) is 1. The molecular formula is C21H31N3O2. The SMILES string of the molecule is CCC(C)C(NC(=O)C=CC=CC=CC=CC1=CN(C)CN1C)C(C)=O. The summed E-state index contributed by atoms with van der Waals surface area (Å²) in [4.78, 5) is 27.8. The quantitative estimate of drug-likeness (QED) is 0.509. The minimum absolute atomic E-state index is 0.0134. The number of likely N-dealkylation sites (N-methyl/N-ethyl adjacent to an activating group) is 1. The number of hydrogen-bond acceptors (Lipinski definition) is 4. The molecule has 1 N–H and O–H groups in total. The van der Waals surface area contributed by atoms with Crippen LogP contribution in [0.15, 0.2) is 60.5 Å². The summed E-state index contributed by atoms with van der Waals surface area (Å²) in [7, 11) is 4.09. The molecule has 0 bridgehead atoms. The van der Waals surface area contributed by atoms with Crippen molar-refractivity contribution in [3.8, 4) is 0 Å². The Morgan fingerprint density at radius 3 is 2.31 bits per heavy atom. The van der Waals surface area contributed by atoms with Gasteiger partial charge in [-0.3, -0.25) is 9.59 Å². The molecule has 1 heterocycles. The monoisotopic (exact) mass is 357 g/mol. The average Bonchev–Trinajstić information content (AvgIpc) is 2.91. The number of hydrogen-bond donors (Lipinski definition) is 1. The van der Waals surface area contributed by atoms with Gasteiger partial charge in [0.05, 0.1) is 18.4 Å². The molecular weight excluding hydrogens is 326 g/mol. The maximum atomic E-state index is 11.9. The molecule has 2 unspecified atom stereocenters. The zero-order valence-electron chi connectivity index (χ0n) is 16.5. The van der Waals surface area contributed by atoms with E-state index in [0.29, 0.717) is 0 Å². The normalized spacial score (nSPS) is 17.7. The summed E-state index contributed by atoms with van der Waals surface area (Å²) >= 11 is 0. The molecule has 0 radical (unpaired) electrons. The molecule has 0 fully saturated rings. The van der Waals surface area contributed by atoms with E-state index in [1.807, 2.05) is 51.3 Å². The molecule has 1 rings (SSSR count). The van der Waals surface area contributed by atoms with Crippen LogP contribution in [0.2, 0.25) is 0 Å². The molecule has 0 saturated carbocycles. The molecule has 0 aromatic heterocycles. The van der Waals surface area contributed by atoms with E-state index in [1.165, 1.54) is 18.7 Å². The number of rotatable bonds is 9. The minimum Gasteiger partial charge on any atom is -0.361 e. The third kappa shape index (κ3) is 7.55. The van der Waals surface area contributed by atoms with Crippen molar-refractivity contribution in [2.45, 2.75) is 33.2 Å². The van der Waals surface area contributed by atoms with Crippen LogP contribution in [0.5, 0.6) is 0 Å². The van der Waals surface area contributed by atoms with Crippen molar-refractivity contribution in [3.05, 3.63) is 60.5 Å². The van der Waals surface area contributed by atoms with E-state index in [1.54, 1.807) is 12.2 Å². The Hall–Kier alpha value is -2.56. The van der Waals surface area contributed by atoms with Gasteiger partial charge >= 0.3 is 0 Å². The van der Waals surface area contributed by atoms with Gasteiger partial charge in [-0.2, -0.15) is 0 Å². The van der Waals surface area contributed by atoms with Gasteiger partial charge < -0.3 is 15.1 Å². The molecule has 5 nitrogen and oxygen atoms in total. The van der Waals surface area contributed by atoms with Gasteiger partial charge in [-0.1, -0.05) is 56.7 Å². The lowest BCUT2D eigenvalue weighted by molar-refractivity contribution is -0.125. The van der Waals surface area contributed by atoms with E-state index in [0.717, 1.165) is 13.1 Å². The molecule has 0 aromatic carbocycles. The second-order valence-corrected chi connectivity index (χ2v) is 6.62. The van der Waals surface area contributed by atoms with Crippen LogP contribution < -0.4 is 5.32 Å². The van der Waals surface area contributed by atoms with Gasteiger partial charge in [-0.05, 0) is 18.9 Å². The summed E-state index contributed by atoms with van der Waals surface area (Å²) in [6.45, 7) is 6.38. The van der Waals surface area contributed by atoms with Crippen LogP contribution in [0.4, 0.5) is 0 Å². The predicted molar refractivity (Wildman–Crippen MR) is 107 cm³/mol. The zero-order chi connectivity index (χ0) is 19.5. The first-order valence-electron chi connectivity index (χ1n) is 8.97. The molecule has 5 heteroatoms. The number of carbonyl (C=O) groups is 2. The lowest BCUT2D eigenvalue weighted by atomic mass is 9.96. The largest absolute Gasteiger partial charge is 0.361 e. The van der Waals surface area contributed by atoms with Crippen molar-refractivity contribution in [2.75, 3.05) is 20.8 Å². The highest BCUT2D eigenvalue weighted by Gasteiger charge is 2.21. The average molecular weight is 357 g/mol. The van der Waals surface area contributed by atoms with Crippen LogP contribution in [0, 0.1) is 5.92 Å². The van der Waals surface area contributed by atoms with Crippen molar-refractivity contribution in [1.29, 1.82) is 0 Å². The number of Topliss-reactive ketones (excluding diaryl/α,β-unsaturated/α-hetero) is 1. The van der Waals surface area contributed by atoms with Gasteiger partial charge in [0.15, 0.2) is 5.78 Å². The fraction of sp³-hybridized carbons (Fsp3) is 0.429. The van der Waals surface area contributed by atoms with Gasteiger partial charge in [0.2, 0.25) is 5.91 Å². The predicted octanol–water partition coefficient (Wildman–Crippen LogP) is 3.01. The third-order valence-electron chi connectivity index (χ3n) is 4.25. The summed E-state index contributed by atoms with van der Waals surface area (Å²) in [6, 6.07) is -0.423. The van der Waals surface area contributed by atoms with Crippen LogP contribution in [0.25, 0.3) is 0 Å². The summed E-state index contributed by atoms with van der Waals surface area (Å²) in [5.41, 5.74) is 1.17. The maximum absolute atomic E-state index is 11.9. The molecule has 1 aliphatic heterocycles. The molecule has 0 spiro atoms. The lowest BCUT2D eigenvalue weighted by Crippen LogP contribution is -2.43. The third-order valence-corrected chi connectivity index (χ3v) is 4.25. The standard InChI is InChI=1S/C21H31N3O2/c1-6-17(2)21(18(3)25)22-20(26)14-12-10-8-7-9-11-13-19-15-23(4)16-24(19)5/h7-15,17,21H,6,16H2,1-5H3,(H,22,26). The zero-order valence-corrected chi connectivity index (χ0v) is 16.5. The molecule has 1 aliphatic rings. The highest BCUT2D eigenvalue weighted by Crippen LogP contribution is 2.12. The number of nitrogens with zero attached hydrogens (tertiary/aromatic N) is 2. The van der Waals surface area contributed by atoms with Crippen molar-refractivity contribution < 1.29 is 9.59 Å². The molecule has 0 aliphatic carbocycles. The Balaban J connectivity index is 2.41. The van der Waals surface area contributed by atoms with Crippen LogP contribution in [0.3, 0.4) is 0 Å². The summed E-state index contributed by atoms with van der Waals surface area (Å²) in [6.07, 6.45) is 17.5. The number of carbonyl (C=O) groups excluding carboxylic acids is 2. The molecule has 26 heavy (non-hydrogen) atoms. The van der Waals surface area contributed by atoms with Crippen LogP contribution in [-0.4, -0.2) is 48.3 Å². The Kier molecular flexibility index (Phi) is 9.20. The second kappa shape index (κ2) is 11.1. The van der Waals surface area contributed by atoms with E-state index >= 15 is 0 Å². The van der Waals surface area contributed by atoms with Gasteiger partial charge in [0.1, 0.15) is 0 Å². The number of allylic oxidation sites excluding steroid dienone is 7. The summed E-state index contributed by atoms with van der Waals surface area (Å²) in [5, 5.41) is 2.76. The minimum atomic E-state index is -0.423. The Bertz CT molecular complexity index is 629. The summed E-state index contributed by atoms with van der Waals surface area (Å²) in [5.74, 6) is -0.135. The maximum Gasteiger partial charge on any atom is 0.244 e. The van der Waals surface area contributed by atoms with Crippen LogP contribution in [0.1, 0.15) is 27.2 Å². The molecule has 1 amide bonds. The van der Waals surface area contributed by atoms with Gasteiger partial charge in [0.25, 0.3) is 0 Å². The molecule has 0 saturated heterocycles. The fourth-order valence-electron chi connectivity index (χ4n) is 2.59. The van der Waals surface area contributed by atoms with Crippen molar-refractivity contribution >= 4 is 11.7 Å². The smallest absolute Gasteiger partial charge is 0.244 e. The van der Waals surface area contributed by atoms with Crippen molar-refractivity contribution in [1.82, 2.24) is 15.1 Å². The topological polar surface area (TPSA) is 52.7 Å². The van der Waals surface area contributed by atoms with E-state index in [4.69, 9.17) is 0 Å². The molecule has 142 valence electrons. The van der Waals surface area contributed by atoms with Gasteiger partial charge in [0, 0.05) is 26.4 Å². The van der Waals surface area contributed by atoms with Crippen LogP contribution in [-0.2, 0) is 9.59 Å². The number of amides is 1. The van der Waals surface area contributed by atoms with E-state index in [-0.39, 0.29) is 17.6 Å². The van der Waals surface area contributed by atoms with Gasteiger partial charge in [-0.25, -0.2) is 0 Å². The first kappa shape index (κ1) is 21.5. The van der Waals surface area contributed by atoms with Gasteiger partial charge in [-0.15, -0.1) is 0 Å². The molecule has 2 atom stereocenters. The Labute approximate surface area is 157 Å². The Morgan fingerprint density at radius 2 is 1.77 bits per heavy atom. The highest BCUT2D eigenvalue weighted by atomic mass is 16.2. The molecule has 0 aromatic rings. The van der Waals surface area contributed by atoms with E-state index < -0.39 is 6.04 Å². The lowest BCUT2D eigenvalue weighted by Gasteiger charge is -2.20. The highest BCUT2D eigenvalue weighted by molar-refractivity contribution is 5.93. The number of ketones is 1. The van der Waals surface area contributed by atoms with E-state index in [2.05, 4.69) is 28.4 Å². The van der Waals surface area contributed by atoms with E-state index in [9.17, 15) is 9.59 Å².